The van der Waals surface area contributed by atoms with E-state index in [-0.39, 0.29) is 16.8 Å². The van der Waals surface area contributed by atoms with Crippen LogP contribution in [0.25, 0.3) is 0 Å². The highest BCUT2D eigenvalue weighted by atomic mass is 32.2. The van der Waals surface area contributed by atoms with Crippen molar-refractivity contribution in [3.8, 4) is 5.75 Å². The third-order valence-electron chi connectivity index (χ3n) is 4.03. The Morgan fingerprint density at radius 1 is 1.03 bits per heavy atom. The first kappa shape index (κ1) is 21.3. The van der Waals surface area contributed by atoms with Crippen LogP contribution in [-0.4, -0.2) is 30.9 Å². The highest BCUT2D eigenvalue weighted by Gasteiger charge is 2.16. The van der Waals surface area contributed by atoms with Crippen molar-refractivity contribution < 1.29 is 17.9 Å². The summed E-state index contributed by atoms with van der Waals surface area (Å²) in [4.78, 5) is 20.0. The number of sulfonamides is 1. The molecular formula is C21H22N4O4S. The molecule has 0 aliphatic carbocycles. The molecule has 8 nitrogen and oxygen atoms in total. The summed E-state index contributed by atoms with van der Waals surface area (Å²) in [6.45, 7) is 2.17. The second kappa shape index (κ2) is 9.84. The van der Waals surface area contributed by atoms with Crippen LogP contribution in [0, 0.1) is 6.92 Å². The number of hydrogen-bond acceptors (Lipinski definition) is 6. The van der Waals surface area contributed by atoms with Gasteiger partial charge in [0.05, 0.1) is 11.5 Å². The molecule has 2 aromatic carbocycles. The van der Waals surface area contributed by atoms with Gasteiger partial charge in [-0.1, -0.05) is 18.2 Å². The number of nitrogens with zero attached hydrogens (tertiary/aromatic N) is 2. The van der Waals surface area contributed by atoms with E-state index in [2.05, 4.69) is 20.0 Å². The Bertz CT molecular complexity index is 1090. The predicted octanol–water partition coefficient (Wildman–Crippen LogP) is 3.38. The number of carbonyl (C=O) groups excluding carboxylic acids is 1. The fourth-order valence-electron chi connectivity index (χ4n) is 2.56. The Labute approximate surface area is 175 Å². The Balaban J connectivity index is 1.49. The monoisotopic (exact) mass is 426 g/mol. The predicted molar refractivity (Wildman–Crippen MR) is 114 cm³/mol. The molecule has 0 saturated carbocycles. The van der Waals surface area contributed by atoms with Gasteiger partial charge in [-0.15, -0.1) is 0 Å². The lowest BCUT2D eigenvalue weighted by atomic mass is 10.2. The van der Waals surface area contributed by atoms with E-state index < -0.39 is 10.0 Å². The van der Waals surface area contributed by atoms with Crippen molar-refractivity contribution >= 4 is 27.6 Å². The van der Waals surface area contributed by atoms with Crippen molar-refractivity contribution in [2.24, 2.45) is 0 Å². The normalized spacial score (nSPS) is 11.0. The van der Waals surface area contributed by atoms with E-state index in [0.717, 1.165) is 5.75 Å². The first-order valence-corrected chi connectivity index (χ1v) is 10.8. The number of amides is 1. The van der Waals surface area contributed by atoms with Crippen LogP contribution >= 0.6 is 0 Å². The Morgan fingerprint density at radius 3 is 2.47 bits per heavy atom. The number of aryl methyl sites for hydroxylation is 1. The summed E-state index contributed by atoms with van der Waals surface area (Å²) in [5, 5.41) is 2.74. The molecule has 0 aliphatic rings. The molecule has 0 unspecified atom stereocenters. The van der Waals surface area contributed by atoms with E-state index >= 15 is 0 Å². The van der Waals surface area contributed by atoms with Gasteiger partial charge in [0.15, 0.2) is 0 Å². The van der Waals surface area contributed by atoms with E-state index in [1.54, 1.807) is 13.0 Å². The summed E-state index contributed by atoms with van der Waals surface area (Å²) in [6.07, 6.45) is 2.33. The zero-order chi connectivity index (χ0) is 21.4. The molecule has 0 aliphatic heterocycles. The standard InChI is InChI=1S/C21H22N4O4S/c1-16-13-14-22-21(23-16)25-30(27,28)19-11-9-17(10-12-19)24-20(26)8-5-15-29-18-6-3-2-4-7-18/h2-4,6-7,9-14H,5,8,15H2,1H3,(H,24,26)(H,22,23,25). The second-order valence-corrected chi connectivity index (χ2v) is 8.15. The molecule has 2 N–H and O–H groups in total. The molecule has 9 heteroatoms. The van der Waals surface area contributed by atoms with Crippen LogP contribution in [0.15, 0.2) is 71.8 Å². The average Bonchev–Trinajstić information content (AvgIpc) is 2.72. The minimum Gasteiger partial charge on any atom is -0.494 e. The fraction of sp³-hybridized carbons (Fsp3) is 0.190. The molecule has 1 aromatic heterocycles. The maximum atomic E-state index is 12.4. The van der Waals surface area contributed by atoms with Crippen molar-refractivity contribution in [2.45, 2.75) is 24.7 Å². The smallest absolute Gasteiger partial charge is 0.264 e. The van der Waals surface area contributed by atoms with E-state index in [1.165, 1.54) is 30.5 Å². The van der Waals surface area contributed by atoms with Crippen molar-refractivity contribution in [2.75, 3.05) is 16.6 Å². The minimum atomic E-state index is -3.82. The van der Waals surface area contributed by atoms with Crippen LogP contribution in [0.3, 0.4) is 0 Å². The van der Waals surface area contributed by atoms with Crippen molar-refractivity contribution in [1.82, 2.24) is 9.97 Å². The summed E-state index contributed by atoms with van der Waals surface area (Å²) in [5.74, 6) is 0.595. The summed E-state index contributed by atoms with van der Waals surface area (Å²) in [5.41, 5.74) is 1.16. The first-order valence-electron chi connectivity index (χ1n) is 9.33. The molecule has 156 valence electrons. The number of benzene rings is 2. The summed E-state index contributed by atoms with van der Waals surface area (Å²) >= 11 is 0. The van der Waals surface area contributed by atoms with E-state index in [9.17, 15) is 13.2 Å². The average molecular weight is 426 g/mol. The van der Waals surface area contributed by atoms with Gasteiger partial charge < -0.3 is 10.1 Å². The lowest BCUT2D eigenvalue weighted by Crippen LogP contribution is -2.16. The molecule has 3 aromatic rings. The number of nitrogens with one attached hydrogen (secondary N) is 2. The molecule has 0 radical (unpaired) electrons. The lowest BCUT2D eigenvalue weighted by Gasteiger charge is -2.09. The van der Waals surface area contributed by atoms with E-state index in [4.69, 9.17) is 4.74 Å². The zero-order valence-electron chi connectivity index (χ0n) is 16.4. The maximum absolute atomic E-state index is 12.4. The Hall–Kier alpha value is -3.46. The number of aromatic nitrogens is 2. The van der Waals surface area contributed by atoms with Gasteiger partial charge in [0.2, 0.25) is 11.9 Å². The van der Waals surface area contributed by atoms with E-state index in [0.29, 0.717) is 30.8 Å². The molecule has 0 bridgehead atoms. The van der Waals surface area contributed by atoms with Crippen molar-refractivity contribution in [3.63, 3.8) is 0 Å². The fourth-order valence-corrected chi connectivity index (χ4v) is 3.51. The van der Waals surface area contributed by atoms with Crippen LogP contribution in [0.2, 0.25) is 0 Å². The number of carbonyl (C=O) groups is 1. The molecule has 1 amide bonds. The van der Waals surface area contributed by atoms with Crippen molar-refractivity contribution in [1.29, 1.82) is 0 Å². The SMILES string of the molecule is Cc1ccnc(NS(=O)(=O)c2ccc(NC(=O)CCCOc3ccccc3)cc2)n1. The third kappa shape index (κ3) is 6.28. The number of ether oxygens (including phenoxy) is 1. The van der Waals surface area contributed by atoms with Gasteiger partial charge in [0, 0.05) is 24.0 Å². The molecule has 0 spiro atoms. The van der Waals surface area contributed by atoms with Crippen LogP contribution in [0.5, 0.6) is 5.75 Å². The topological polar surface area (TPSA) is 110 Å². The number of rotatable bonds is 9. The maximum Gasteiger partial charge on any atom is 0.264 e. The van der Waals surface area contributed by atoms with Crippen LogP contribution in [0.4, 0.5) is 11.6 Å². The minimum absolute atomic E-state index is 0.00472. The molecule has 3 rings (SSSR count). The lowest BCUT2D eigenvalue weighted by molar-refractivity contribution is -0.116. The largest absolute Gasteiger partial charge is 0.494 e. The number of hydrogen-bond donors (Lipinski definition) is 2. The quantitative estimate of drug-likeness (QED) is 0.508. The highest BCUT2D eigenvalue weighted by molar-refractivity contribution is 7.92. The Morgan fingerprint density at radius 2 is 1.77 bits per heavy atom. The first-order chi connectivity index (χ1) is 14.4. The van der Waals surface area contributed by atoms with Gasteiger partial charge in [-0.2, -0.15) is 0 Å². The molecule has 0 fully saturated rings. The van der Waals surface area contributed by atoms with Gasteiger partial charge in [0.1, 0.15) is 5.75 Å². The van der Waals surface area contributed by atoms with Gasteiger partial charge in [-0.3, -0.25) is 4.79 Å². The second-order valence-electron chi connectivity index (χ2n) is 6.46. The Kier molecular flexibility index (Phi) is 6.97. The van der Waals surface area contributed by atoms with Crippen molar-refractivity contribution in [3.05, 3.63) is 72.6 Å². The third-order valence-corrected chi connectivity index (χ3v) is 5.37. The van der Waals surface area contributed by atoms with Gasteiger partial charge in [-0.25, -0.2) is 23.1 Å². The molecule has 0 saturated heterocycles. The molecular weight excluding hydrogens is 404 g/mol. The van der Waals surface area contributed by atoms with Gasteiger partial charge in [0.25, 0.3) is 10.0 Å². The summed E-state index contributed by atoms with van der Waals surface area (Å²) in [7, 11) is -3.82. The summed E-state index contributed by atoms with van der Waals surface area (Å²) in [6, 6.07) is 16.9. The van der Waals surface area contributed by atoms with Crippen LogP contribution < -0.4 is 14.8 Å². The van der Waals surface area contributed by atoms with Gasteiger partial charge >= 0.3 is 0 Å². The molecule has 30 heavy (non-hydrogen) atoms. The number of para-hydroxylation sites is 1. The van der Waals surface area contributed by atoms with Crippen LogP contribution in [0.1, 0.15) is 18.5 Å². The van der Waals surface area contributed by atoms with Crippen LogP contribution in [-0.2, 0) is 14.8 Å². The van der Waals surface area contributed by atoms with Gasteiger partial charge in [-0.05, 0) is 55.8 Å². The summed E-state index contributed by atoms with van der Waals surface area (Å²) < 4.78 is 32.8. The zero-order valence-corrected chi connectivity index (χ0v) is 17.2. The molecule has 1 heterocycles. The van der Waals surface area contributed by atoms with E-state index in [1.807, 2.05) is 30.3 Å². The highest BCUT2D eigenvalue weighted by Crippen LogP contribution is 2.17. The molecule has 0 atom stereocenters. The number of anilines is 2.